The molecule has 1 saturated heterocycles. The number of hydrogen-bond donors (Lipinski definition) is 1. The number of amides is 1. The first kappa shape index (κ1) is 16.3. The number of rotatable bonds is 3. The van der Waals surface area contributed by atoms with Gasteiger partial charge in [-0.2, -0.15) is 13.2 Å². The third-order valence-electron chi connectivity index (χ3n) is 3.60. The van der Waals surface area contributed by atoms with Gasteiger partial charge < -0.3 is 10.1 Å². The van der Waals surface area contributed by atoms with Crippen LogP contribution < -0.4 is 5.32 Å². The molecule has 21 heavy (non-hydrogen) atoms. The third kappa shape index (κ3) is 3.97. The molecule has 0 spiro atoms. The summed E-state index contributed by atoms with van der Waals surface area (Å²) in [5, 5.41) is 2.67. The topological polar surface area (TPSA) is 38.3 Å². The van der Waals surface area contributed by atoms with Crippen molar-refractivity contribution in [3.05, 3.63) is 33.8 Å². The molecule has 3 nitrogen and oxygen atoms in total. The molecule has 1 aromatic rings. The van der Waals surface area contributed by atoms with Gasteiger partial charge >= 0.3 is 6.18 Å². The van der Waals surface area contributed by atoms with Gasteiger partial charge in [-0.1, -0.05) is 0 Å². The summed E-state index contributed by atoms with van der Waals surface area (Å²) in [6, 6.07) is 3.03. The van der Waals surface area contributed by atoms with E-state index >= 15 is 0 Å². The Labute approximate surface area is 129 Å². The lowest BCUT2D eigenvalue weighted by Gasteiger charge is -2.16. The Hall–Kier alpha value is -1.08. The Bertz CT molecular complexity index is 533. The molecule has 0 saturated carbocycles. The van der Waals surface area contributed by atoms with Crippen LogP contribution in [0.3, 0.4) is 0 Å². The Morgan fingerprint density at radius 2 is 2.19 bits per heavy atom. The summed E-state index contributed by atoms with van der Waals surface area (Å²) in [4.78, 5) is 12.1. The van der Waals surface area contributed by atoms with E-state index in [2.05, 4.69) is 21.2 Å². The molecule has 0 aromatic heterocycles. The van der Waals surface area contributed by atoms with E-state index in [9.17, 15) is 18.0 Å². The average molecular weight is 366 g/mol. The number of carbonyl (C=O) groups excluding carboxylic acids is 1. The second-order valence-electron chi connectivity index (χ2n) is 5.03. The van der Waals surface area contributed by atoms with Gasteiger partial charge in [-0.3, -0.25) is 4.79 Å². The molecule has 1 N–H and O–H groups in total. The molecule has 1 amide bonds. The predicted octanol–water partition coefficient (Wildman–Crippen LogP) is 3.62. The summed E-state index contributed by atoms with van der Waals surface area (Å²) >= 11 is 3.11. The maximum Gasteiger partial charge on any atom is 0.416 e. The van der Waals surface area contributed by atoms with Gasteiger partial charge in [0, 0.05) is 23.5 Å². The molecule has 1 aliphatic rings. The molecule has 0 aliphatic carbocycles. The number of halogens is 4. The summed E-state index contributed by atoms with van der Waals surface area (Å²) in [6.07, 6.45) is -3.58. The lowest BCUT2D eigenvalue weighted by Crippen LogP contribution is -2.32. The minimum Gasteiger partial charge on any atom is -0.378 e. The van der Waals surface area contributed by atoms with Gasteiger partial charge in [0.05, 0.1) is 17.2 Å². The van der Waals surface area contributed by atoms with Crippen LogP contribution in [0.1, 0.15) is 29.3 Å². The van der Waals surface area contributed by atoms with Crippen LogP contribution in [0.25, 0.3) is 0 Å². The molecule has 2 unspecified atom stereocenters. The Kier molecular flexibility index (Phi) is 4.93. The summed E-state index contributed by atoms with van der Waals surface area (Å²) in [5.41, 5.74) is -0.857. The van der Waals surface area contributed by atoms with Gasteiger partial charge in [0.2, 0.25) is 0 Å². The molecule has 1 aromatic carbocycles. The molecule has 1 heterocycles. The van der Waals surface area contributed by atoms with Crippen molar-refractivity contribution >= 4 is 21.8 Å². The lowest BCUT2D eigenvalue weighted by molar-refractivity contribution is -0.137. The number of ether oxygens (including phenoxy) is 1. The van der Waals surface area contributed by atoms with E-state index in [1.165, 1.54) is 6.07 Å². The van der Waals surface area contributed by atoms with Crippen LogP contribution in [-0.4, -0.2) is 25.2 Å². The van der Waals surface area contributed by atoms with Gasteiger partial charge in [0.1, 0.15) is 0 Å². The molecule has 0 bridgehead atoms. The fourth-order valence-corrected chi connectivity index (χ4v) is 2.67. The number of hydrogen-bond acceptors (Lipinski definition) is 2. The first-order valence-corrected chi connectivity index (χ1v) is 7.35. The molecule has 2 atom stereocenters. The average Bonchev–Trinajstić information content (AvgIpc) is 2.80. The van der Waals surface area contributed by atoms with Crippen molar-refractivity contribution < 1.29 is 22.7 Å². The SMILES string of the molecule is CC1OCCC1CNC(=O)c1cc(C(F)(F)F)ccc1Br. The van der Waals surface area contributed by atoms with Crippen molar-refractivity contribution in [3.63, 3.8) is 0 Å². The smallest absolute Gasteiger partial charge is 0.378 e. The highest BCUT2D eigenvalue weighted by atomic mass is 79.9. The summed E-state index contributed by atoms with van der Waals surface area (Å²) in [5.74, 6) is -0.328. The van der Waals surface area contributed by atoms with E-state index in [1.54, 1.807) is 0 Å². The molecular formula is C14H15BrF3NO2. The Morgan fingerprint density at radius 3 is 2.76 bits per heavy atom. The highest BCUT2D eigenvalue weighted by Crippen LogP contribution is 2.32. The van der Waals surface area contributed by atoms with Crippen LogP contribution in [0.15, 0.2) is 22.7 Å². The van der Waals surface area contributed by atoms with Crippen molar-refractivity contribution in [1.29, 1.82) is 0 Å². The fourth-order valence-electron chi connectivity index (χ4n) is 2.24. The molecule has 7 heteroatoms. The fraction of sp³-hybridized carbons (Fsp3) is 0.500. The number of alkyl halides is 3. The second-order valence-corrected chi connectivity index (χ2v) is 5.88. The molecule has 116 valence electrons. The van der Waals surface area contributed by atoms with Crippen LogP contribution >= 0.6 is 15.9 Å². The van der Waals surface area contributed by atoms with Crippen molar-refractivity contribution in [1.82, 2.24) is 5.32 Å². The van der Waals surface area contributed by atoms with Crippen LogP contribution in [0.2, 0.25) is 0 Å². The molecule has 1 aliphatic heterocycles. The summed E-state index contributed by atoms with van der Waals surface area (Å²) < 4.78 is 43.8. The van der Waals surface area contributed by atoms with E-state index in [4.69, 9.17) is 4.74 Å². The van der Waals surface area contributed by atoms with Gasteiger partial charge in [-0.25, -0.2) is 0 Å². The van der Waals surface area contributed by atoms with Gasteiger partial charge in [-0.05, 0) is 47.5 Å². The van der Waals surface area contributed by atoms with Crippen LogP contribution in [0.5, 0.6) is 0 Å². The highest BCUT2D eigenvalue weighted by molar-refractivity contribution is 9.10. The van der Waals surface area contributed by atoms with Crippen molar-refractivity contribution in [2.45, 2.75) is 25.6 Å². The van der Waals surface area contributed by atoms with E-state index in [-0.39, 0.29) is 17.6 Å². The van der Waals surface area contributed by atoms with Gasteiger partial charge in [-0.15, -0.1) is 0 Å². The largest absolute Gasteiger partial charge is 0.416 e. The predicted molar refractivity (Wildman–Crippen MR) is 75.0 cm³/mol. The summed E-state index contributed by atoms with van der Waals surface area (Å²) in [7, 11) is 0. The highest BCUT2D eigenvalue weighted by Gasteiger charge is 2.32. The molecule has 1 fully saturated rings. The second kappa shape index (κ2) is 6.36. The van der Waals surface area contributed by atoms with E-state index < -0.39 is 17.6 Å². The summed E-state index contributed by atoms with van der Waals surface area (Å²) in [6.45, 7) is 2.96. The molecular weight excluding hydrogens is 351 g/mol. The number of carbonyl (C=O) groups is 1. The Balaban J connectivity index is 2.08. The number of nitrogens with one attached hydrogen (secondary N) is 1. The van der Waals surface area contributed by atoms with Crippen molar-refractivity contribution in [2.75, 3.05) is 13.2 Å². The zero-order chi connectivity index (χ0) is 15.6. The first-order chi connectivity index (χ1) is 9.79. The van der Waals surface area contributed by atoms with Crippen LogP contribution in [0.4, 0.5) is 13.2 Å². The molecule has 2 rings (SSSR count). The minimum absolute atomic E-state index is 0.0172. The van der Waals surface area contributed by atoms with Crippen LogP contribution in [0, 0.1) is 5.92 Å². The quantitative estimate of drug-likeness (QED) is 0.888. The molecule has 0 radical (unpaired) electrons. The lowest BCUT2D eigenvalue weighted by atomic mass is 10.0. The van der Waals surface area contributed by atoms with E-state index in [1.807, 2.05) is 6.92 Å². The van der Waals surface area contributed by atoms with Crippen molar-refractivity contribution in [3.8, 4) is 0 Å². The van der Waals surface area contributed by atoms with E-state index in [0.29, 0.717) is 17.6 Å². The van der Waals surface area contributed by atoms with Gasteiger partial charge in [0.15, 0.2) is 0 Å². The Morgan fingerprint density at radius 1 is 1.48 bits per heavy atom. The minimum atomic E-state index is -4.47. The van der Waals surface area contributed by atoms with Gasteiger partial charge in [0.25, 0.3) is 5.91 Å². The van der Waals surface area contributed by atoms with Crippen molar-refractivity contribution in [2.24, 2.45) is 5.92 Å². The normalized spacial score (nSPS) is 22.3. The van der Waals surface area contributed by atoms with E-state index in [0.717, 1.165) is 18.6 Å². The monoisotopic (exact) mass is 365 g/mol. The maximum atomic E-state index is 12.7. The maximum absolute atomic E-state index is 12.7. The number of benzene rings is 1. The zero-order valence-corrected chi connectivity index (χ0v) is 12.9. The third-order valence-corrected chi connectivity index (χ3v) is 4.29. The zero-order valence-electron chi connectivity index (χ0n) is 11.3. The van der Waals surface area contributed by atoms with Crippen LogP contribution in [-0.2, 0) is 10.9 Å². The standard InChI is InChI=1S/C14H15BrF3NO2/c1-8-9(4-5-21-8)7-19-13(20)11-6-10(14(16,17)18)2-3-12(11)15/h2-3,6,8-9H,4-5,7H2,1H3,(H,19,20). The first-order valence-electron chi connectivity index (χ1n) is 6.55.